The Bertz CT molecular complexity index is 687. The van der Waals surface area contributed by atoms with Crippen LogP contribution in [0.25, 0.3) is 0 Å². The van der Waals surface area contributed by atoms with E-state index in [1.807, 2.05) is 0 Å². The number of ether oxygens (including phenoxy) is 1. The minimum absolute atomic E-state index is 0.165. The first-order valence-electron chi connectivity index (χ1n) is 7.99. The number of hydrogen-bond donors (Lipinski definition) is 2. The van der Waals surface area contributed by atoms with Gasteiger partial charge >= 0.3 is 5.97 Å². The van der Waals surface area contributed by atoms with E-state index >= 15 is 0 Å². The van der Waals surface area contributed by atoms with Crippen LogP contribution in [0.4, 0.5) is 4.39 Å². The second-order valence-corrected chi connectivity index (χ2v) is 7.68. The van der Waals surface area contributed by atoms with Crippen LogP contribution in [0.3, 0.4) is 0 Å². The molecule has 0 heterocycles. The highest BCUT2D eigenvalue weighted by Crippen LogP contribution is 2.27. The maximum absolute atomic E-state index is 13.4. The molecule has 0 spiro atoms. The molecule has 24 heavy (non-hydrogen) atoms. The van der Waals surface area contributed by atoms with E-state index in [0.29, 0.717) is 0 Å². The van der Waals surface area contributed by atoms with E-state index in [9.17, 15) is 17.6 Å². The summed E-state index contributed by atoms with van der Waals surface area (Å²) in [5.41, 5.74) is 5.43. The number of halogens is 1. The molecule has 0 aromatic heterocycles. The fraction of sp³-hybridized carbons (Fsp3) is 0.562. The van der Waals surface area contributed by atoms with Gasteiger partial charge in [0.2, 0.25) is 10.0 Å². The van der Waals surface area contributed by atoms with Crippen molar-refractivity contribution < 1.29 is 22.3 Å². The summed E-state index contributed by atoms with van der Waals surface area (Å²) in [5, 5.41) is 0. The van der Waals surface area contributed by atoms with Gasteiger partial charge in [0.05, 0.1) is 17.6 Å². The van der Waals surface area contributed by atoms with Gasteiger partial charge in [-0.05, 0) is 37.0 Å². The van der Waals surface area contributed by atoms with Crippen LogP contribution < -0.4 is 10.5 Å². The first kappa shape index (κ1) is 18.8. The second kappa shape index (κ2) is 8.04. The van der Waals surface area contributed by atoms with Crippen LogP contribution in [0.15, 0.2) is 23.1 Å². The quantitative estimate of drug-likeness (QED) is 0.756. The van der Waals surface area contributed by atoms with Crippen molar-refractivity contribution in [3.05, 3.63) is 29.6 Å². The van der Waals surface area contributed by atoms with Crippen molar-refractivity contribution in [1.82, 2.24) is 4.72 Å². The second-order valence-electron chi connectivity index (χ2n) is 5.99. The SMILES string of the molecule is COC(=O)c1cc(F)ccc1S(=O)(=O)NC(CN)C1CCCCC1. The largest absolute Gasteiger partial charge is 0.465 e. The third-order valence-electron chi connectivity index (χ3n) is 4.42. The number of sulfonamides is 1. The van der Waals surface area contributed by atoms with Crippen LogP contribution in [-0.2, 0) is 14.8 Å². The van der Waals surface area contributed by atoms with Gasteiger partial charge in [0.1, 0.15) is 5.82 Å². The monoisotopic (exact) mass is 358 g/mol. The fourth-order valence-electron chi connectivity index (χ4n) is 3.14. The van der Waals surface area contributed by atoms with Gasteiger partial charge in [0, 0.05) is 12.6 Å². The molecule has 1 aliphatic carbocycles. The van der Waals surface area contributed by atoms with Gasteiger partial charge in [-0.3, -0.25) is 0 Å². The highest BCUT2D eigenvalue weighted by atomic mass is 32.2. The molecule has 1 unspecified atom stereocenters. The molecule has 1 fully saturated rings. The minimum Gasteiger partial charge on any atom is -0.465 e. The molecule has 0 saturated heterocycles. The zero-order valence-corrected chi connectivity index (χ0v) is 14.4. The molecule has 1 atom stereocenters. The van der Waals surface area contributed by atoms with Gasteiger partial charge in [0.15, 0.2) is 0 Å². The average Bonchev–Trinajstić information content (AvgIpc) is 2.59. The Morgan fingerprint density at radius 2 is 2.04 bits per heavy atom. The molecule has 134 valence electrons. The predicted molar refractivity (Wildman–Crippen MR) is 87.5 cm³/mol. The summed E-state index contributed by atoms with van der Waals surface area (Å²) >= 11 is 0. The van der Waals surface area contributed by atoms with Gasteiger partial charge in [-0.25, -0.2) is 22.3 Å². The molecule has 0 amide bonds. The number of esters is 1. The number of benzene rings is 1. The van der Waals surface area contributed by atoms with E-state index in [2.05, 4.69) is 9.46 Å². The highest BCUT2D eigenvalue weighted by molar-refractivity contribution is 7.89. The van der Waals surface area contributed by atoms with Crippen molar-refractivity contribution in [1.29, 1.82) is 0 Å². The Morgan fingerprint density at radius 3 is 2.62 bits per heavy atom. The van der Waals surface area contributed by atoms with E-state index < -0.39 is 27.9 Å². The third kappa shape index (κ3) is 4.31. The van der Waals surface area contributed by atoms with Crippen LogP contribution in [0.5, 0.6) is 0 Å². The number of hydrogen-bond acceptors (Lipinski definition) is 5. The van der Waals surface area contributed by atoms with Crippen LogP contribution in [0.2, 0.25) is 0 Å². The molecule has 0 aliphatic heterocycles. The summed E-state index contributed by atoms with van der Waals surface area (Å²) in [4.78, 5) is 11.5. The lowest BCUT2D eigenvalue weighted by Gasteiger charge is -2.30. The Morgan fingerprint density at radius 1 is 1.38 bits per heavy atom. The Balaban J connectivity index is 2.30. The number of rotatable bonds is 6. The third-order valence-corrected chi connectivity index (χ3v) is 5.96. The molecule has 0 bridgehead atoms. The molecule has 1 aromatic rings. The molecule has 0 radical (unpaired) electrons. The van der Waals surface area contributed by atoms with Crippen LogP contribution in [-0.4, -0.2) is 34.1 Å². The molecule has 1 aliphatic rings. The standard InChI is InChI=1S/C16H23FN2O4S/c1-23-16(20)13-9-12(17)7-8-15(13)24(21,22)19-14(10-18)11-5-3-2-4-6-11/h7-9,11,14,19H,2-6,10,18H2,1H3. The number of carbonyl (C=O) groups is 1. The first-order chi connectivity index (χ1) is 11.4. The zero-order valence-electron chi connectivity index (χ0n) is 13.6. The number of methoxy groups -OCH3 is 1. The van der Waals surface area contributed by atoms with Crippen molar-refractivity contribution in [2.75, 3.05) is 13.7 Å². The first-order valence-corrected chi connectivity index (χ1v) is 9.47. The van der Waals surface area contributed by atoms with Crippen LogP contribution in [0.1, 0.15) is 42.5 Å². The minimum atomic E-state index is -4.02. The number of nitrogens with two attached hydrogens (primary N) is 1. The lowest BCUT2D eigenvalue weighted by atomic mass is 9.84. The molecule has 1 saturated carbocycles. The van der Waals surface area contributed by atoms with Crippen LogP contribution in [0, 0.1) is 11.7 Å². The predicted octanol–water partition coefficient (Wildman–Crippen LogP) is 1.80. The molecular formula is C16H23FN2O4S. The average molecular weight is 358 g/mol. The van der Waals surface area contributed by atoms with Crippen molar-refractivity contribution in [2.24, 2.45) is 11.7 Å². The van der Waals surface area contributed by atoms with Gasteiger partial charge in [-0.1, -0.05) is 19.3 Å². The van der Waals surface area contributed by atoms with E-state index in [4.69, 9.17) is 5.73 Å². The van der Waals surface area contributed by atoms with Gasteiger partial charge < -0.3 is 10.5 Å². The van der Waals surface area contributed by atoms with Crippen molar-refractivity contribution in [3.8, 4) is 0 Å². The van der Waals surface area contributed by atoms with E-state index in [-0.39, 0.29) is 22.9 Å². The molecule has 1 aromatic carbocycles. The van der Waals surface area contributed by atoms with E-state index in [1.165, 1.54) is 0 Å². The zero-order chi connectivity index (χ0) is 17.7. The summed E-state index contributed by atoms with van der Waals surface area (Å²) in [5.74, 6) is -1.45. The summed E-state index contributed by atoms with van der Waals surface area (Å²) in [6, 6.07) is 2.52. The topological polar surface area (TPSA) is 98.5 Å². The Kier molecular flexibility index (Phi) is 6.31. The van der Waals surface area contributed by atoms with E-state index in [0.717, 1.165) is 57.4 Å². The summed E-state index contributed by atoms with van der Waals surface area (Å²) in [7, 11) is -2.91. The molecule has 2 rings (SSSR count). The molecular weight excluding hydrogens is 335 g/mol. The lowest BCUT2D eigenvalue weighted by Crippen LogP contribution is -2.46. The summed E-state index contributed by atoms with van der Waals surface area (Å²) in [6.07, 6.45) is 5.07. The summed E-state index contributed by atoms with van der Waals surface area (Å²) in [6.45, 7) is 0.165. The molecule has 6 nitrogen and oxygen atoms in total. The van der Waals surface area contributed by atoms with Crippen molar-refractivity contribution >= 4 is 16.0 Å². The maximum Gasteiger partial charge on any atom is 0.339 e. The van der Waals surface area contributed by atoms with Gasteiger partial charge in [-0.2, -0.15) is 0 Å². The fourth-order valence-corrected chi connectivity index (χ4v) is 4.64. The lowest BCUT2D eigenvalue weighted by molar-refractivity contribution is 0.0595. The Hall–Kier alpha value is -1.51. The van der Waals surface area contributed by atoms with Crippen molar-refractivity contribution in [3.63, 3.8) is 0 Å². The molecule has 8 heteroatoms. The Labute approximate surface area is 141 Å². The smallest absolute Gasteiger partial charge is 0.339 e. The summed E-state index contributed by atoms with van der Waals surface area (Å²) < 4.78 is 45.9. The molecule has 3 N–H and O–H groups in total. The van der Waals surface area contributed by atoms with Crippen molar-refractivity contribution in [2.45, 2.75) is 43.0 Å². The van der Waals surface area contributed by atoms with Crippen LogP contribution >= 0.6 is 0 Å². The van der Waals surface area contributed by atoms with Gasteiger partial charge in [0.25, 0.3) is 0 Å². The number of carbonyl (C=O) groups excluding carboxylic acids is 1. The van der Waals surface area contributed by atoms with E-state index in [1.54, 1.807) is 0 Å². The normalized spacial score (nSPS) is 17.5. The highest BCUT2D eigenvalue weighted by Gasteiger charge is 2.30. The van der Waals surface area contributed by atoms with Gasteiger partial charge in [-0.15, -0.1) is 0 Å². The number of nitrogens with one attached hydrogen (secondary N) is 1. The maximum atomic E-state index is 13.4.